The van der Waals surface area contributed by atoms with Crippen molar-refractivity contribution >= 4 is 17.7 Å². The second-order valence-electron chi connectivity index (χ2n) is 4.62. The van der Waals surface area contributed by atoms with Crippen LogP contribution in [0.25, 0.3) is 0 Å². The third kappa shape index (κ3) is 2.96. The lowest BCUT2D eigenvalue weighted by atomic mass is 10.1. The van der Waals surface area contributed by atoms with E-state index in [1.54, 1.807) is 13.0 Å². The van der Waals surface area contributed by atoms with Gasteiger partial charge in [-0.25, -0.2) is 0 Å². The van der Waals surface area contributed by atoms with Crippen molar-refractivity contribution < 1.29 is 23.9 Å². The quantitative estimate of drug-likeness (QED) is 0.804. The van der Waals surface area contributed by atoms with Gasteiger partial charge in [-0.2, -0.15) is 0 Å². The SMILES string of the molecule is COc1cc(OC)cc(C(=O)N2CC(=O)NC(=O)C2C)c1. The highest BCUT2D eigenvalue weighted by molar-refractivity contribution is 6.07. The van der Waals surface area contributed by atoms with Crippen molar-refractivity contribution in [3.63, 3.8) is 0 Å². The average Bonchev–Trinajstić information content (AvgIpc) is 2.49. The maximum absolute atomic E-state index is 12.5. The van der Waals surface area contributed by atoms with Crippen LogP contribution in [0.15, 0.2) is 18.2 Å². The Labute approximate surface area is 121 Å². The van der Waals surface area contributed by atoms with E-state index in [4.69, 9.17) is 9.47 Å². The van der Waals surface area contributed by atoms with Gasteiger partial charge in [0.15, 0.2) is 0 Å². The zero-order valence-corrected chi connectivity index (χ0v) is 12.0. The maximum atomic E-state index is 12.5. The molecule has 0 radical (unpaired) electrons. The molecule has 1 saturated heterocycles. The molecule has 0 spiro atoms. The van der Waals surface area contributed by atoms with Crippen molar-refractivity contribution in [1.82, 2.24) is 10.2 Å². The molecule has 1 unspecified atom stereocenters. The van der Waals surface area contributed by atoms with E-state index in [9.17, 15) is 14.4 Å². The highest BCUT2D eigenvalue weighted by Gasteiger charge is 2.34. The van der Waals surface area contributed by atoms with Crippen LogP contribution in [0.2, 0.25) is 0 Å². The lowest BCUT2D eigenvalue weighted by Gasteiger charge is -2.31. The number of nitrogens with zero attached hydrogens (tertiary/aromatic N) is 1. The summed E-state index contributed by atoms with van der Waals surface area (Å²) in [5, 5.41) is 2.19. The van der Waals surface area contributed by atoms with Gasteiger partial charge in [0.05, 0.1) is 14.2 Å². The minimum Gasteiger partial charge on any atom is -0.497 e. The first-order valence-electron chi connectivity index (χ1n) is 6.34. The molecule has 0 aromatic heterocycles. The second-order valence-corrected chi connectivity index (χ2v) is 4.62. The summed E-state index contributed by atoms with van der Waals surface area (Å²) in [6.45, 7) is 1.41. The number of benzene rings is 1. The molecule has 3 amide bonds. The van der Waals surface area contributed by atoms with Gasteiger partial charge in [-0.1, -0.05) is 0 Å². The molecule has 1 aliphatic heterocycles. The Kier molecular flexibility index (Phi) is 4.11. The van der Waals surface area contributed by atoms with Gasteiger partial charge in [0.2, 0.25) is 11.8 Å². The lowest BCUT2D eigenvalue weighted by molar-refractivity contribution is -0.138. The Morgan fingerprint density at radius 3 is 2.29 bits per heavy atom. The van der Waals surface area contributed by atoms with Crippen LogP contribution in [0.5, 0.6) is 11.5 Å². The summed E-state index contributed by atoms with van der Waals surface area (Å²) >= 11 is 0. The molecule has 1 aliphatic rings. The number of carbonyl (C=O) groups excluding carboxylic acids is 3. The Balaban J connectivity index is 2.34. The fraction of sp³-hybridized carbons (Fsp3) is 0.357. The van der Waals surface area contributed by atoms with Crippen molar-refractivity contribution in [2.24, 2.45) is 0 Å². The zero-order valence-electron chi connectivity index (χ0n) is 12.0. The van der Waals surface area contributed by atoms with E-state index < -0.39 is 23.8 Å². The van der Waals surface area contributed by atoms with Crippen molar-refractivity contribution in [3.05, 3.63) is 23.8 Å². The van der Waals surface area contributed by atoms with Crippen LogP contribution < -0.4 is 14.8 Å². The second kappa shape index (κ2) is 5.82. The number of rotatable bonds is 3. The van der Waals surface area contributed by atoms with Gasteiger partial charge in [-0.05, 0) is 19.1 Å². The number of piperazine rings is 1. The lowest BCUT2D eigenvalue weighted by Crippen LogP contribution is -2.58. The van der Waals surface area contributed by atoms with Gasteiger partial charge in [0.25, 0.3) is 5.91 Å². The van der Waals surface area contributed by atoms with Gasteiger partial charge in [0.1, 0.15) is 24.1 Å². The van der Waals surface area contributed by atoms with E-state index in [-0.39, 0.29) is 6.54 Å². The standard InChI is InChI=1S/C14H16N2O5/c1-8-13(18)15-12(17)7-16(8)14(19)9-4-10(20-2)6-11(5-9)21-3/h4-6,8H,7H2,1-3H3,(H,15,17,18). The van der Waals surface area contributed by atoms with Crippen LogP contribution in [0.1, 0.15) is 17.3 Å². The van der Waals surface area contributed by atoms with E-state index in [0.29, 0.717) is 17.1 Å². The molecule has 1 heterocycles. The first-order chi connectivity index (χ1) is 9.96. The minimum atomic E-state index is -0.715. The molecule has 1 N–H and O–H groups in total. The topological polar surface area (TPSA) is 84.9 Å². The van der Waals surface area contributed by atoms with Gasteiger partial charge < -0.3 is 14.4 Å². The highest BCUT2D eigenvalue weighted by atomic mass is 16.5. The summed E-state index contributed by atoms with van der Waals surface area (Å²) in [6, 6.07) is 3.99. The number of nitrogens with one attached hydrogen (secondary N) is 1. The molecule has 1 fully saturated rings. The molecule has 2 rings (SSSR count). The molecule has 1 atom stereocenters. The summed E-state index contributed by atoms with van der Waals surface area (Å²) in [6.07, 6.45) is 0. The summed E-state index contributed by atoms with van der Waals surface area (Å²) < 4.78 is 10.2. The van der Waals surface area contributed by atoms with Crippen LogP contribution in [0, 0.1) is 0 Å². The molecule has 1 aromatic rings. The largest absolute Gasteiger partial charge is 0.497 e. The van der Waals surface area contributed by atoms with Crippen molar-refractivity contribution in [2.45, 2.75) is 13.0 Å². The highest BCUT2D eigenvalue weighted by Crippen LogP contribution is 2.24. The monoisotopic (exact) mass is 292 g/mol. The van der Waals surface area contributed by atoms with E-state index in [2.05, 4.69) is 5.32 Å². The molecular weight excluding hydrogens is 276 g/mol. The summed E-state index contributed by atoms with van der Waals surface area (Å²) in [7, 11) is 2.95. The molecule has 112 valence electrons. The Hall–Kier alpha value is -2.57. The number of amides is 3. The Morgan fingerprint density at radius 2 is 1.76 bits per heavy atom. The average molecular weight is 292 g/mol. The van der Waals surface area contributed by atoms with E-state index in [0.717, 1.165) is 0 Å². The van der Waals surface area contributed by atoms with E-state index in [1.165, 1.54) is 31.3 Å². The zero-order chi connectivity index (χ0) is 15.6. The minimum absolute atomic E-state index is 0.161. The smallest absolute Gasteiger partial charge is 0.255 e. The number of hydrogen-bond donors (Lipinski definition) is 1. The van der Waals surface area contributed by atoms with Crippen molar-refractivity contribution in [3.8, 4) is 11.5 Å². The molecule has 0 saturated carbocycles. The third-order valence-corrected chi connectivity index (χ3v) is 3.28. The van der Waals surface area contributed by atoms with Gasteiger partial charge in [0, 0.05) is 11.6 Å². The third-order valence-electron chi connectivity index (χ3n) is 3.28. The summed E-state index contributed by atoms with van der Waals surface area (Å²) in [4.78, 5) is 36.8. The van der Waals surface area contributed by atoms with Gasteiger partial charge in [-0.3, -0.25) is 19.7 Å². The fourth-order valence-electron chi connectivity index (χ4n) is 2.06. The molecule has 0 bridgehead atoms. The first-order valence-corrected chi connectivity index (χ1v) is 6.34. The molecule has 7 heteroatoms. The molecule has 1 aromatic carbocycles. The van der Waals surface area contributed by atoms with Crippen molar-refractivity contribution in [2.75, 3.05) is 20.8 Å². The van der Waals surface area contributed by atoms with Gasteiger partial charge in [-0.15, -0.1) is 0 Å². The van der Waals surface area contributed by atoms with Gasteiger partial charge >= 0.3 is 0 Å². The fourth-order valence-corrected chi connectivity index (χ4v) is 2.06. The maximum Gasteiger partial charge on any atom is 0.255 e. The van der Waals surface area contributed by atoms with E-state index in [1.807, 2.05) is 0 Å². The number of methoxy groups -OCH3 is 2. The Morgan fingerprint density at radius 1 is 1.19 bits per heavy atom. The number of imide groups is 1. The normalized spacial score (nSPS) is 18.2. The number of carbonyl (C=O) groups is 3. The van der Waals surface area contributed by atoms with Crippen molar-refractivity contribution in [1.29, 1.82) is 0 Å². The molecular formula is C14H16N2O5. The predicted molar refractivity (Wildman–Crippen MR) is 73.2 cm³/mol. The van der Waals surface area contributed by atoms with Crippen LogP contribution in [-0.4, -0.2) is 49.4 Å². The summed E-state index contributed by atoms with van der Waals surface area (Å²) in [5.74, 6) is -0.505. The molecule has 0 aliphatic carbocycles. The van der Waals surface area contributed by atoms with Crippen LogP contribution >= 0.6 is 0 Å². The van der Waals surface area contributed by atoms with Crippen LogP contribution in [-0.2, 0) is 9.59 Å². The van der Waals surface area contributed by atoms with Crippen LogP contribution in [0.3, 0.4) is 0 Å². The predicted octanol–water partition coefficient (Wildman–Crippen LogP) is 0.191. The summed E-state index contributed by atoms with van der Waals surface area (Å²) in [5.41, 5.74) is 0.292. The molecule has 7 nitrogen and oxygen atoms in total. The van der Waals surface area contributed by atoms with E-state index >= 15 is 0 Å². The van der Waals surface area contributed by atoms with Crippen LogP contribution in [0.4, 0.5) is 0 Å². The Bertz CT molecular complexity index is 577. The molecule has 21 heavy (non-hydrogen) atoms. The number of ether oxygens (including phenoxy) is 2. The number of hydrogen-bond acceptors (Lipinski definition) is 5. The first kappa shape index (κ1) is 14.8.